The van der Waals surface area contributed by atoms with Crippen LogP contribution in [0.3, 0.4) is 0 Å². The van der Waals surface area contributed by atoms with Gasteiger partial charge < -0.3 is 10.6 Å². The highest BCUT2D eigenvalue weighted by atomic mass is 35.5. The summed E-state index contributed by atoms with van der Waals surface area (Å²) in [5.41, 5.74) is 4.29. The zero-order valence-electron chi connectivity index (χ0n) is 16.3. The van der Waals surface area contributed by atoms with E-state index in [1.165, 1.54) is 12.1 Å². The predicted octanol–water partition coefficient (Wildman–Crippen LogP) is 3.83. The van der Waals surface area contributed by atoms with Crippen molar-refractivity contribution in [3.8, 4) is 5.69 Å². The molecule has 3 aromatic rings. The summed E-state index contributed by atoms with van der Waals surface area (Å²) in [7, 11) is 0. The highest BCUT2D eigenvalue weighted by molar-refractivity contribution is 6.33. The van der Waals surface area contributed by atoms with Gasteiger partial charge in [-0.2, -0.15) is 5.10 Å². The lowest BCUT2D eigenvalue weighted by atomic mass is 10.2. The number of amides is 2. The molecule has 2 aromatic carbocycles. The number of hydrogen-bond acceptors (Lipinski definition) is 3. The maximum absolute atomic E-state index is 13.2. The van der Waals surface area contributed by atoms with Gasteiger partial charge in [-0.25, -0.2) is 9.07 Å². The lowest BCUT2D eigenvalue weighted by Gasteiger charge is -2.09. The van der Waals surface area contributed by atoms with E-state index in [1.807, 2.05) is 13.0 Å². The molecule has 0 bridgehead atoms. The van der Waals surface area contributed by atoms with Crippen molar-refractivity contribution in [1.82, 2.24) is 15.1 Å². The molecule has 4 rings (SSSR count). The Morgan fingerprint density at radius 3 is 2.67 bits per heavy atom. The van der Waals surface area contributed by atoms with Crippen LogP contribution in [0, 0.1) is 12.7 Å². The number of rotatable bonds is 5. The standard InChI is InChI=1S/C22H20ClFN4O2/c1-13-5-10-18(17(23)11-13)26-20(29)12-25-22(30)21-16-3-2-4-19(16)28(27-21)15-8-6-14(24)7-9-15/h5-11H,2-4,12H2,1H3,(H,25,30)(H,26,29). The van der Waals surface area contributed by atoms with E-state index in [-0.39, 0.29) is 18.3 Å². The first-order valence-electron chi connectivity index (χ1n) is 9.63. The molecule has 2 N–H and O–H groups in total. The predicted molar refractivity (Wildman–Crippen MR) is 113 cm³/mol. The van der Waals surface area contributed by atoms with Gasteiger partial charge >= 0.3 is 0 Å². The second kappa shape index (κ2) is 8.28. The van der Waals surface area contributed by atoms with Crippen LogP contribution in [0.15, 0.2) is 42.5 Å². The van der Waals surface area contributed by atoms with Crippen molar-refractivity contribution >= 4 is 29.1 Å². The molecule has 1 heterocycles. The zero-order chi connectivity index (χ0) is 21.3. The number of halogens is 2. The maximum Gasteiger partial charge on any atom is 0.272 e. The van der Waals surface area contributed by atoms with Gasteiger partial charge in [-0.15, -0.1) is 0 Å². The Kier molecular flexibility index (Phi) is 5.55. The summed E-state index contributed by atoms with van der Waals surface area (Å²) >= 11 is 6.13. The average Bonchev–Trinajstić information content (AvgIpc) is 3.32. The number of anilines is 1. The Morgan fingerprint density at radius 2 is 1.93 bits per heavy atom. The Balaban J connectivity index is 1.47. The molecule has 1 aliphatic carbocycles. The van der Waals surface area contributed by atoms with E-state index >= 15 is 0 Å². The molecule has 0 saturated carbocycles. The van der Waals surface area contributed by atoms with E-state index < -0.39 is 5.91 Å². The van der Waals surface area contributed by atoms with Gasteiger partial charge in [0.25, 0.3) is 5.91 Å². The van der Waals surface area contributed by atoms with Crippen LogP contribution in [0.5, 0.6) is 0 Å². The SMILES string of the molecule is Cc1ccc(NC(=O)CNC(=O)c2nn(-c3ccc(F)cc3)c3c2CCC3)c(Cl)c1. The molecular formula is C22H20ClFN4O2. The van der Waals surface area contributed by atoms with Gasteiger partial charge in [0, 0.05) is 11.3 Å². The highest BCUT2D eigenvalue weighted by Crippen LogP contribution is 2.28. The Morgan fingerprint density at radius 1 is 1.17 bits per heavy atom. The van der Waals surface area contributed by atoms with Crippen LogP contribution in [0.2, 0.25) is 5.02 Å². The fourth-order valence-corrected chi connectivity index (χ4v) is 3.86. The van der Waals surface area contributed by atoms with Crippen molar-refractivity contribution in [3.05, 3.63) is 75.8 Å². The number of carbonyl (C=O) groups excluding carboxylic acids is 2. The number of benzene rings is 2. The molecule has 2 amide bonds. The summed E-state index contributed by atoms with van der Waals surface area (Å²) in [5, 5.41) is 10.2. The van der Waals surface area contributed by atoms with Crippen molar-refractivity contribution in [3.63, 3.8) is 0 Å². The van der Waals surface area contributed by atoms with Crippen LogP contribution in [-0.2, 0) is 17.6 Å². The van der Waals surface area contributed by atoms with Crippen LogP contribution in [0.1, 0.15) is 33.7 Å². The van der Waals surface area contributed by atoms with Crippen molar-refractivity contribution in [1.29, 1.82) is 0 Å². The molecule has 0 fully saturated rings. The van der Waals surface area contributed by atoms with Crippen LogP contribution < -0.4 is 10.6 Å². The molecule has 6 nitrogen and oxygen atoms in total. The molecule has 0 spiro atoms. The monoisotopic (exact) mass is 426 g/mol. The molecule has 1 aliphatic rings. The molecule has 0 radical (unpaired) electrons. The summed E-state index contributed by atoms with van der Waals surface area (Å²) in [6.45, 7) is 1.70. The van der Waals surface area contributed by atoms with E-state index in [0.29, 0.717) is 22.1 Å². The number of fused-ring (bicyclic) bond motifs is 1. The molecule has 0 saturated heterocycles. The summed E-state index contributed by atoms with van der Waals surface area (Å²) in [6, 6.07) is 11.3. The van der Waals surface area contributed by atoms with Crippen molar-refractivity contribution < 1.29 is 14.0 Å². The van der Waals surface area contributed by atoms with Crippen LogP contribution in [0.25, 0.3) is 5.69 Å². The van der Waals surface area contributed by atoms with Gasteiger partial charge in [-0.05, 0) is 68.1 Å². The molecular weight excluding hydrogens is 407 g/mol. The van der Waals surface area contributed by atoms with E-state index in [0.717, 1.165) is 36.1 Å². The number of hydrogen-bond donors (Lipinski definition) is 2. The van der Waals surface area contributed by atoms with E-state index in [1.54, 1.807) is 28.9 Å². The number of aromatic nitrogens is 2. The largest absolute Gasteiger partial charge is 0.342 e. The minimum absolute atomic E-state index is 0.207. The topological polar surface area (TPSA) is 76.0 Å². The van der Waals surface area contributed by atoms with E-state index in [2.05, 4.69) is 15.7 Å². The molecule has 0 atom stereocenters. The molecule has 8 heteroatoms. The molecule has 0 aliphatic heterocycles. The van der Waals surface area contributed by atoms with Gasteiger partial charge in [-0.3, -0.25) is 9.59 Å². The van der Waals surface area contributed by atoms with Crippen LogP contribution in [-0.4, -0.2) is 28.1 Å². The minimum Gasteiger partial charge on any atom is -0.342 e. The summed E-state index contributed by atoms with van der Waals surface area (Å²) in [6.07, 6.45) is 2.45. The van der Waals surface area contributed by atoms with Gasteiger partial charge in [-0.1, -0.05) is 17.7 Å². The molecule has 30 heavy (non-hydrogen) atoms. The minimum atomic E-state index is -0.417. The fraction of sp³-hybridized carbons (Fsp3) is 0.227. The Bertz CT molecular complexity index is 1120. The molecule has 0 unspecified atom stereocenters. The molecule has 1 aromatic heterocycles. The third kappa shape index (κ3) is 4.07. The summed E-state index contributed by atoms with van der Waals surface area (Å²) in [4.78, 5) is 25.0. The van der Waals surface area contributed by atoms with Gasteiger partial charge in [0.05, 0.1) is 22.9 Å². The summed E-state index contributed by atoms with van der Waals surface area (Å²) < 4.78 is 14.9. The average molecular weight is 427 g/mol. The summed E-state index contributed by atoms with van der Waals surface area (Å²) in [5.74, 6) is -1.14. The fourth-order valence-electron chi connectivity index (χ4n) is 3.58. The smallest absolute Gasteiger partial charge is 0.272 e. The van der Waals surface area contributed by atoms with Crippen molar-refractivity contribution in [2.24, 2.45) is 0 Å². The highest BCUT2D eigenvalue weighted by Gasteiger charge is 2.27. The number of nitrogens with zero attached hydrogens (tertiary/aromatic N) is 2. The first-order chi connectivity index (χ1) is 14.4. The molecule has 154 valence electrons. The van der Waals surface area contributed by atoms with Gasteiger partial charge in [0.1, 0.15) is 5.82 Å². The van der Waals surface area contributed by atoms with E-state index in [9.17, 15) is 14.0 Å². The number of nitrogens with one attached hydrogen (secondary N) is 2. The second-order valence-electron chi connectivity index (χ2n) is 7.23. The zero-order valence-corrected chi connectivity index (χ0v) is 17.1. The van der Waals surface area contributed by atoms with Crippen LogP contribution >= 0.6 is 11.6 Å². The Labute approximate surface area is 178 Å². The number of carbonyl (C=O) groups is 2. The Hall–Kier alpha value is -3.19. The first kappa shape index (κ1) is 20.1. The van der Waals surface area contributed by atoms with E-state index in [4.69, 9.17) is 11.6 Å². The lowest BCUT2D eigenvalue weighted by Crippen LogP contribution is -2.33. The van der Waals surface area contributed by atoms with Crippen molar-refractivity contribution in [2.75, 3.05) is 11.9 Å². The third-order valence-electron chi connectivity index (χ3n) is 5.02. The lowest BCUT2D eigenvalue weighted by molar-refractivity contribution is -0.115. The van der Waals surface area contributed by atoms with Crippen LogP contribution in [0.4, 0.5) is 10.1 Å². The third-order valence-corrected chi connectivity index (χ3v) is 5.34. The van der Waals surface area contributed by atoms with Gasteiger partial charge in [0.2, 0.25) is 5.91 Å². The van der Waals surface area contributed by atoms with Gasteiger partial charge in [0.15, 0.2) is 5.69 Å². The quantitative estimate of drug-likeness (QED) is 0.651. The normalized spacial score (nSPS) is 12.5. The number of aryl methyl sites for hydroxylation is 1. The second-order valence-corrected chi connectivity index (χ2v) is 7.64. The maximum atomic E-state index is 13.2. The first-order valence-corrected chi connectivity index (χ1v) is 10.0. The van der Waals surface area contributed by atoms with Crippen molar-refractivity contribution in [2.45, 2.75) is 26.2 Å².